The lowest BCUT2D eigenvalue weighted by atomic mass is 10.0. The molecule has 1 aliphatic carbocycles. The van der Waals surface area contributed by atoms with Gasteiger partial charge >= 0.3 is 0 Å². The van der Waals surface area contributed by atoms with Crippen LogP contribution in [0.25, 0.3) is 17.7 Å². The Morgan fingerprint density at radius 2 is 1.70 bits per heavy atom. The largest absolute Gasteiger partial charge is 0.349 e. The van der Waals surface area contributed by atoms with E-state index in [1.54, 1.807) is 48.5 Å². The van der Waals surface area contributed by atoms with Gasteiger partial charge in [0, 0.05) is 17.7 Å². The molecule has 0 atom stereocenters. The number of amides is 2. The second-order valence-corrected chi connectivity index (χ2v) is 6.26. The summed E-state index contributed by atoms with van der Waals surface area (Å²) in [4.78, 5) is 23.6. The molecule has 1 fully saturated rings. The van der Waals surface area contributed by atoms with Crippen LogP contribution in [0.1, 0.15) is 29.5 Å². The number of halogens is 1. The second-order valence-electron chi connectivity index (χ2n) is 6.26. The summed E-state index contributed by atoms with van der Waals surface area (Å²) in [5, 5.41) is 11.4. The monoisotopic (exact) mass is 366 g/mol. The molecule has 2 aromatic rings. The molecular weight excluding hydrogens is 347 g/mol. The number of hydrogen-bond acceptors (Lipinski definition) is 3. The maximum Gasteiger partial charge on any atom is 0.267 e. The Kier molecular flexibility index (Phi) is 5.78. The highest BCUT2D eigenvalue weighted by molar-refractivity contribution is 6.24. The zero-order chi connectivity index (χ0) is 19.2. The van der Waals surface area contributed by atoms with Crippen LogP contribution >= 0.6 is 0 Å². The molecule has 6 heteroatoms. The van der Waals surface area contributed by atoms with Gasteiger partial charge in [0.2, 0.25) is 0 Å². The highest BCUT2D eigenvalue weighted by atomic mass is 19.1. The summed E-state index contributed by atoms with van der Waals surface area (Å²) >= 11 is 0. The van der Waals surface area contributed by atoms with Crippen LogP contribution in [-0.2, 0) is 9.59 Å². The Morgan fingerprint density at radius 1 is 1.04 bits per heavy atom. The topological polar surface area (TPSA) is 78.4 Å². The van der Waals surface area contributed by atoms with Gasteiger partial charge < -0.3 is 5.32 Å². The van der Waals surface area contributed by atoms with E-state index in [0.29, 0.717) is 0 Å². The molecule has 0 unspecified atom stereocenters. The van der Waals surface area contributed by atoms with Crippen LogP contribution in [-0.4, -0.2) is 23.1 Å². The lowest BCUT2D eigenvalue weighted by Crippen LogP contribution is -2.26. The third-order valence-electron chi connectivity index (χ3n) is 4.11. The van der Waals surface area contributed by atoms with Crippen molar-refractivity contribution in [2.45, 2.75) is 18.9 Å². The van der Waals surface area contributed by atoms with Gasteiger partial charge in [-0.2, -0.15) is 0 Å². The maximum atomic E-state index is 14.2. The Labute approximate surface area is 156 Å². The predicted molar refractivity (Wildman–Crippen MR) is 101 cm³/mol. The number of hydroxylamine groups is 1. The summed E-state index contributed by atoms with van der Waals surface area (Å²) < 4.78 is 14.2. The first kappa shape index (κ1) is 18.5. The van der Waals surface area contributed by atoms with Crippen molar-refractivity contribution in [1.29, 1.82) is 0 Å². The van der Waals surface area contributed by atoms with E-state index >= 15 is 0 Å². The van der Waals surface area contributed by atoms with E-state index in [9.17, 15) is 14.0 Å². The molecule has 0 radical (unpaired) electrons. The van der Waals surface area contributed by atoms with Crippen LogP contribution in [0.4, 0.5) is 4.39 Å². The van der Waals surface area contributed by atoms with Crippen molar-refractivity contribution in [2.75, 3.05) is 0 Å². The van der Waals surface area contributed by atoms with Crippen molar-refractivity contribution in [3.8, 4) is 0 Å². The van der Waals surface area contributed by atoms with E-state index < -0.39 is 11.7 Å². The predicted octanol–water partition coefficient (Wildman–Crippen LogP) is 3.16. The molecule has 2 aromatic carbocycles. The molecule has 0 saturated heterocycles. The summed E-state index contributed by atoms with van der Waals surface area (Å²) in [5.41, 5.74) is 3.50. The third-order valence-corrected chi connectivity index (χ3v) is 4.11. The van der Waals surface area contributed by atoms with E-state index in [1.165, 1.54) is 23.7 Å². The van der Waals surface area contributed by atoms with Gasteiger partial charge in [-0.05, 0) is 42.2 Å². The van der Waals surface area contributed by atoms with E-state index in [1.807, 2.05) is 0 Å². The SMILES string of the molecule is O=C(/C=C/c1ccc(/C=C(/C(=O)NC2CC2)c2ccccc2F)cc1)NO. The number of hydrogen-bond donors (Lipinski definition) is 3. The van der Waals surface area contributed by atoms with Crippen LogP contribution in [0, 0.1) is 5.82 Å². The molecule has 0 heterocycles. The number of benzene rings is 2. The minimum Gasteiger partial charge on any atom is -0.349 e. The first-order valence-electron chi connectivity index (χ1n) is 8.56. The van der Waals surface area contributed by atoms with E-state index in [-0.39, 0.29) is 23.1 Å². The average molecular weight is 366 g/mol. The second kappa shape index (κ2) is 8.42. The summed E-state index contributed by atoms with van der Waals surface area (Å²) in [5.74, 6) is -1.38. The van der Waals surface area contributed by atoms with Crippen molar-refractivity contribution in [1.82, 2.24) is 10.8 Å². The van der Waals surface area contributed by atoms with Crippen LogP contribution in [0.3, 0.4) is 0 Å². The molecule has 0 spiro atoms. The van der Waals surface area contributed by atoms with Gasteiger partial charge in [0.15, 0.2) is 0 Å². The van der Waals surface area contributed by atoms with Gasteiger partial charge in [0.25, 0.3) is 11.8 Å². The zero-order valence-corrected chi connectivity index (χ0v) is 14.5. The van der Waals surface area contributed by atoms with Gasteiger partial charge in [-0.1, -0.05) is 42.5 Å². The summed E-state index contributed by atoms with van der Waals surface area (Å²) in [7, 11) is 0. The molecule has 0 aromatic heterocycles. The lowest BCUT2D eigenvalue weighted by Gasteiger charge is -2.10. The first-order chi connectivity index (χ1) is 13.1. The highest BCUT2D eigenvalue weighted by Crippen LogP contribution is 2.25. The molecule has 1 aliphatic rings. The fourth-order valence-corrected chi connectivity index (χ4v) is 2.52. The van der Waals surface area contributed by atoms with Crippen molar-refractivity contribution in [3.63, 3.8) is 0 Å². The standard InChI is InChI=1S/C21H19FN2O3/c22-19-4-2-1-3-17(19)18(21(26)23-16-10-11-16)13-15-7-5-14(6-8-15)9-12-20(25)24-27/h1-9,12-13,16,27H,10-11H2,(H,23,26)(H,24,25)/b12-9+,18-13+. The molecule has 27 heavy (non-hydrogen) atoms. The third kappa shape index (κ3) is 5.12. The Morgan fingerprint density at radius 3 is 2.33 bits per heavy atom. The van der Waals surface area contributed by atoms with Crippen LogP contribution < -0.4 is 10.8 Å². The summed E-state index contributed by atoms with van der Waals surface area (Å²) in [6.07, 6.45) is 6.26. The van der Waals surface area contributed by atoms with E-state index in [4.69, 9.17) is 5.21 Å². The molecule has 3 rings (SSSR count). The lowest BCUT2D eigenvalue weighted by molar-refractivity contribution is -0.124. The van der Waals surface area contributed by atoms with Crippen LogP contribution in [0.2, 0.25) is 0 Å². The van der Waals surface area contributed by atoms with Crippen LogP contribution in [0.15, 0.2) is 54.6 Å². The molecule has 1 saturated carbocycles. The quantitative estimate of drug-likeness (QED) is 0.318. The Balaban J connectivity index is 1.88. The summed E-state index contributed by atoms with van der Waals surface area (Å²) in [6.45, 7) is 0. The molecule has 138 valence electrons. The first-order valence-corrected chi connectivity index (χ1v) is 8.56. The van der Waals surface area contributed by atoms with Gasteiger partial charge in [0.1, 0.15) is 5.82 Å². The number of rotatable bonds is 6. The minimum absolute atomic E-state index is 0.165. The molecular formula is C21H19FN2O3. The average Bonchev–Trinajstić information content (AvgIpc) is 3.49. The van der Waals surface area contributed by atoms with Crippen molar-refractivity contribution >= 4 is 29.5 Å². The molecule has 5 nitrogen and oxygen atoms in total. The molecule has 0 aliphatic heterocycles. The fraction of sp³-hybridized carbons (Fsp3) is 0.143. The van der Waals surface area contributed by atoms with Gasteiger partial charge in [-0.3, -0.25) is 14.8 Å². The highest BCUT2D eigenvalue weighted by Gasteiger charge is 2.26. The number of carbonyl (C=O) groups is 2. The maximum absolute atomic E-state index is 14.2. The normalized spacial score (nSPS) is 14.2. The fourth-order valence-electron chi connectivity index (χ4n) is 2.52. The van der Waals surface area contributed by atoms with Gasteiger partial charge in [-0.25, -0.2) is 9.87 Å². The van der Waals surface area contributed by atoms with Gasteiger partial charge in [0.05, 0.1) is 5.57 Å². The minimum atomic E-state index is -0.627. The Bertz CT molecular complexity index is 900. The van der Waals surface area contributed by atoms with E-state index in [2.05, 4.69) is 5.32 Å². The van der Waals surface area contributed by atoms with Crippen molar-refractivity contribution in [2.24, 2.45) is 0 Å². The van der Waals surface area contributed by atoms with E-state index in [0.717, 1.165) is 24.0 Å². The van der Waals surface area contributed by atoms with Gasteiger partial charge in [-0.15, -0.1) is 0 Å². The number of carbonyl (C=O) groups excluding carboxylic acids is 2. The van der Waals surface area contributed by atoms with Crippen molar-refractivity contribution in [3.05, 3.63) is 77.1 Å². The molecule has 3 N–H and O–H groups in total. The Hall–Kier alpha value is -3.25. The van der Waals surface area contributed by atoms with Crippen molar-refractivity contribution < 1.29 is 19.2 Å². The number of nitrogens with one attached hydrogen (secondary N) is 2. The van der Waals surface area contributed by atoms with Crippen LogP contribution in [0.5, 0.6) is 0 Å². The zero-order valence-electron chi connectivity index (χ0n) is 14.5. The summed E-state index contributed by atoms with van der Waals surface area (Å²) in [6, 6.07) is 13.4. The molecule has 2 amide bonds. The smallest absolute Gasteiger partial charge is 0.267 e. The molecule has 0 bridgehead atoms.